The fraction of sp³-hybridized carbons (Fsp3) is 0.429. The summed E-state index contributed by atoms with van der Waals surface area (Å²) in [5.41, 5.74) is 0. The Morgan fingerprint density at radius 1 is 1.56 bits per heavy atom. The highest BCUT2D eigenvalue weighted by Crippen LogP contribution is 2.24. The molecule has 1 aromatic rings. The first-order valence-corrected chi connectivity index (χ1v) is 5.89. The molecule has 96 valence electrons. The van der Waals surface area contributed by atoms with Crippen molar-refractivity contribution in [3.63, 3.8) is 0 Å². The fourth-order valence-corrected chi connectivity index (χ4v) is 1.58. The molecule has 0 saturated carbocycles. The van der Waals surface area contributed by atoms with Crippen LogP contribution in [0.25, 0.3) is 0 Å². The minimum atomic E-state index is 0.0176. The van der Waals surface area contributed by atoms with Crippen molar-refractivity contribution in [2.75, 3.05) is 19.1 Å². The molecule has 0 aliphatic heterocycles. The van der Waals surface area contributed by atoms with Crippen LogP contribution in [-0.2, 0) is 4.79 Å². The lowest BCUT2D eigenvalue weighted by atomic mass is 10.2. The van der Waals surface area contributed by atoms with Crippen molar-refractivity contribution in [1.29, 1.82) is 0 Å². The molecule has 4 nitrogen and oxygen atoms in total. The van der Waals surface area contributed by atoms with E-state index in [0.29, 0.717) is 24.4 Å². The number of hydrogen-bond acceptors (Lipinski definition) is 3. The maximum atomic E-state index is 12.0. The van der Waals surface area contributed by atoms with E-state index in [-0.39, 0.29) is 5.91 Å². The van der Waals surface area contributed by atoms with Crippen LogP contribution in [0.5, 0.6) is 5.75 Å². The summed E-state index contributed by atoms with van der Waals surface area (Å²) in [6.45, 7) is 0. The molecule has 0 bridgehead atoms. The van der Waals surface area contributed by atoms with Gasteiger partial charge in [-0.05, 0) is 25.0 Å². The maximum absolute atomic E-state index is 12.0. The third kappa shape index (κ3) is 3.77. The Bertz CT molecular complexity index is 438. The average molecular weight is 246 g/mol. The van der Waals surface area contributed by atoms with Gasteiger partial charge in [0, 0.05) is 26.1 Å². The lowest BCUT2D eigenvalue weighted by Gasteiger charge is -2.18. The van der Waals surface area contributed by atoms with E-state index in [9.17, 15) is 4.79 Å². The molecule has 0 radical (unpaired) electrons. The first-order chi connectivity index (χ1) is 8.70. The van der Waals surface area contributed by atoms with E-state index in [1.165, 1.54) is 4.90 Å². The van der Waals surface area contributed by atoms with E-state index in [4.69, 9.17) is 11.2 Å². The summed E-state index contributed by atoms with van der Waals surface area (Å²) in [5, 5.41) is 0. The number of pyridine rings is 1. The SMILES string of the molecule is C#CCCCCC(=O)N(C)c1ncccc1OC. The Morgan fingerprint density at radius 2 is 2.33 bits per heavy atom. The Balaban J connectivity index is 2.60. The summed E-state index contributed by atoms with van der Waals surface area (Å²) in [7, 11) is 3.26. The summed E-state index contributed by atoms with van der Waals surface area (Å²) in [6.07, 6.45) is 9.65. The summed E-state index contributed by atoms with van der Waals surface area (Å²) in [6, 6.07) is 3.55. The largest absolute Gasteiger partial charge is 0.493 e. The molecule has 0 atom stereocenters. The predicted molar refractivity (Wildman–Crippen MR) is 71.5 cm³/mol. The van der Waals surface area contributed by atoms with Gasteiger partial charge >= 0.3 is 0 Å². The molecule has 0 N–H and O–H groups in total. The normalized spacial score (nSPS) is 9.61. The molecule has 1 aromatic heterocycles. The number of terminal acetylenes is 1. The van der Waals surface area contributed by atoms with Crippen LogP contribution in [0, 0.1) is 12.3 Å². The molecule has 0 aliphatic carbocycles. The zero-order chi connectivity index (χ0) is 13.4. The Labute approximate surface area is 108 Å². The molecule has 0 spiro atoms. The molecular formula is C14H18N2O2. The second-order valence-corrected chi connectivity index (χ2v) is 3.89. The van der Waals surface area contributed by atoms with Crippen LogP contribution in [0.1, 0.15) is 25.7 Å². The van der Waals surface area contributed by atoms with E-state index in [0.717, 1.165) is 12.8 Å². The zero-order valence-corrected chi connectivity index (χ0v) is 10.8. The van der Waals surface area contributed by atoms with Crippen molar-refractivity contribution >= 4 is 11.7 Å². The smallest absolute Gasteiger partial charge is 0.227 e. The van der Waals surface area contributed by atoms with Gasteiger partial charge in [-0.15, -0.1) is 12.3 Å². The van der Waals surface area contributed by atoms with Crippen molar-refractivity contribution in [1.82, 2.24) is 4.98 Å². The highest BCUT2D eigenvalue weighted by Gasteiger charge is 2.15. The van der Waals surface area contributed by atoms with Crippen LogP contribution in [0.2, 0.25) is 0 Å². The van der Waals surface area contributed by atoms with Crippen LogP contribution < -0.4 is 9.64 Å². The number of carbonyl (C=O) groups is 1. The number of hydrogen-bond donors (Lipinski definition) is 0. The molecule has 4 heteroatoms. The highest BCUT2D eigenvalue weighted by atomic mass is 16.5. The van der Waals surface area contributed by atoms with Gasteiger partial charge in [-0.25, -0.2) is 4.98 Å². The Morgan fingerprint density at radius 3 is 3.00 bits per heavy atom. The summed E-state index contributed by atoms with van der Waals surface area (Å²) in [5.74, 6) is 3.72. The number of anilines is 1. The molecule has 1 rings (SSSR count). The Kier molecular flexibility index (Phi) is 5.72. The van der Waals surface area contributed by atoms with Gasteiger partial charge in [0.05, 0.1) is 7.11 Å². The maximum Gasteiger partial charge on any atom is 0.227 e. The van der Waals surface area contributed by atoms with Gasteiger partial charge in [0.1, 0.15) is 0 Å². The molecule has 0 aromatic carbocycles. The van der Waals surface area contributed by atoms with Crippen LogP contribution in [-0.4, -0.2) is 25.0 Å². The van der Waals surface area contributed by atoms with Gasteiger partial charge in [-0.3, -0.25) is 9.69 Å². The minimum absolute atomic E-state index is 0.0176. The quantitative estimate of drug-likeness (QED) is 0.571. The fourth-order valence-electron chi connectivity index (χ4n) is 1.58. The number of nitrogens with zero attached hydrogens (tertiary/aromatic N) is 2. The van der Waals surface area contributed by atoms with Crippen molar-refractivity contribution in [2.45, 2.75) is 25.7 Å². The topological polar surface area (TPSA) is 42.4 Å². The summed E-state index contributed by atoms with van der Waals surface area (Å²) >= 11 is 0. The van der Waals surface area contributed by atoms with Gasteiger partial charge in [0.25, 0.3) is 0 Å². The average Bonchev–Trinajstić information content (AvgIpc) is 2.42. The Hall–Kier alpha value is -2.02. The van der Waals surface area contributed by atoms with Crippen molar-refractivity contribution in [3.8, 4) is 18.1 Å². The van der Waals surface area contributed by atoms with Gasteiger partial charge in [-0.1, -0.05) is 0 Å². The van der Waals surface area contributed by atoms with Crippen molar-refractivity contribution in [2.24, 2.45) is 0 Å². The number of methoxy groups -OCH3 is 1. The number of aromatic nitrogens is 1. The lowest BCUT2D eigenvalue weighted by molar-refractivity contribution is -0.118. The second-order valence-electron chi connectivity index (χ2n) is 3.89. The molecule has 0 fully saturated rings. The zero-order valence-electron chi connectivity index (χ0n) is 10.8. The molecular weight excluding hydrogens is 228 g/mol. The van der Waals surface area contributed by atoms with Gasteiger partial charge in [0.2, 0.25) is 5.91 Å². The first-order valence-electron chi connectivity index (χ1n) is 5.89. The standard InChI is InChI=1S/C14H18N2O2/c1-4-5-6-7-10-13(17)16(2)14-12(18-3)9-8-11-15-14/h1,8-9,11H,5-7,10H2,2-3H3. The monoisotopic (exact) mass is 246 g/mol. The number of carbonyl (C=O) groups excluding carboxylic acids is 1. The van der Waals surface area contributed by atoms with Crippen molar-refractivity contribution in [3.05, 3.63) is 18.3 Å². The first kappa shape index (κ1) is 14.0. The minimum Gasteiger partial charge on any atom is -0.493 e. The molecule has 0 unspecified atom stereocenters. The van der Waals surface area contributed by atoms with Gasteiger partial charge < -0.3 is 4.74 Å². The molecule has 0 aliphatic rings. The second kappa shape index (κ2) is 7.33. The predicted octanol–water partition coefficient (Wildman–Crippen LogP) is 2.25. The molecule has 1 heterocycles. The number of amides is 1. The molecule has 0 saturated heterocycles. The van der Waals surface area contributed by atoms with E-state index < -0.39 is 0 Å². The van der Waals surface area contributed by atoms with Crippen LogP contribution in [0.3, 0.4) is 0 Å². The van der Waals surface area contributed by atoms with Crippen LogP contribution in [0.4, 0.5) is 5.82 Å². The summed E-state index contributed by atoms with van der Waals surface area (Å²) in [4.78, 5) is 17.6. The molecule has 1 amide bonds. The number of rotatable bonds is 6. The third-order valence-corrected chi connectivity index (χ3v) is 2.62. The van der Waals surface area contributed by atoms with E-state index in [1.54, 1.807) is 32.5 Å². The highest BCUT2D eigenvalue weighted by molar-refractivity contribution is 5.93. The summed E-state index contributed by atoms with van der Waals surface area (Å²) < 4.78 is 5.18. The number of unbranched alkanes of at least 4 members (excludes halogenated alkanes) is 2. The van der Waals surface area contributed by atoms with Crippen LogP contribution in [0.15, 0.2) is 18.3 Å². The lowest BCUT2D eigenvalue weighted by Crippen LogP contribution is -2.27. The number of ether oxygens (including phenoxy) is 1. The van der Waals surface area contributed by atoms with Crippen LogP contribution >= 0.6 is 0 Å². The van der Waals surface area contributed by atoms with E-state index >= 15 is 0 Å². The van der Waals surface area contributed by atoms with Gasteiger partial charge in [0.15, 0.2) is 11.6 Å². The van der Waals surface area contributed by atoms with E-state index in [2.05, 4.69) is 10.9 Å². The van der Waals surface area contributed by atoms with E-state index in [1.807, 2.05) is 0 Å². The van der Waals surface area contributed by atoms with Gasteiger partial charge in [-0.2, -0.15) is 0 Å². The molecule has 18 heavy (non-hydrogen) atoms. The third-order valence-electron chi connectivity index (χ3n) is 2.62. The van der Waals surface area contributed by atoms with Crippen molar-refractivity contribution < 1.29 is 9.53 Å².